The van der Waals surface area contributed by atoms with Crippen LogP contribution in [-0.4, -0.2) is 4.98 Å². The first kappa shape index (κ1) is 14.5. The van der Waals surface area contributed by atoms with E-state index in [1.165, 1.54) is 10.9 Å². The second kappa shape index (κ2) is 7.67. The minimum atomic E-state index is 0.964. The van der Waals surface area contributed by atoms with Gasteiger partial charge in [-0.25, -0.2) is 0 Å². The molecule has 0 bridgehead atoms. The van der Waals surface area contributed by atoms with Gasteiger partial charge < -0.3 is 4.42 Å². The van der Waals surface area contributed by atoms with Gasteiger partial charge in [0, 0.05) is 17.0 Å². The minimum Gasteiger partial charge on any atom is -0.464 e. The Morgan fingerprint density at radius 2 is 1.89 bits per heavy atom. The van der Waals surface area contributed by atoms with Crippen molar-refractivity contribution < 1.29 is 4.42 Å². The zero-order valence-electron chi connectivity index (χ0n) is 11.3. The van der Waals surface area contributed by atoms with Crippen LogP contribution >= 0.6 is 11.3 Å². The molecule has 18 heavy (non-hydrogen) atoms. The summed E-state index contributed by atoms with van der Waals surface area (Å²) in [4.78, 5) is 3.94. The summed E-state index contributed by atoms with van der Waals surface area (Å²) in [6.07, 6.45) is 3.52. The first-order chi connectivity index (χ1) is 8.75. The lowest BCUT2D eigenvalue weighted by atomic mass is 10.2. The van der Waals surface area contributed by atoms with Crippen LogP contribution in [0.1, 0.15) is 24.4 Å². The van der Waals surface area contributed by atoms with Crippen LogP contribution in [0.5, 0.6) is 0 Å². The van der Waals surface area contributed by atoms with Crippen LogP contribution in [0.4, 0.5) is 0 Å². The van der Waals surface area contributed by atoms with E-state index in [-0.39, 0.29) is 0 Å². The molecule has 0 spiro atoms. The molecule has 0 unspecified atom stereocenters. The molecule has 0 radical (unpaired) electrons. The smallest absolute Gasteiger partial charge is 0.133 e. The lowest BCUT2D eigenvalue weighted by Gasteiger charge is -1.89. The number of aryl methyl sites for hydroxylation is 2. The van der Waals surface area contributed by atoms with E-state index < -0.39 is 0 Å². The maximum atomic E-state index is 5.17. The third-order valence-corrected chi connectivity index (χ3v) is 2.87. The standard InChI is InChI=1S/C9H8O.C4H5NS.C2H6/c1-7-2-3-9-8(6-7)4-5-10-9;1-4-5-2-3-6-4;1-2/h2-6H,1H3;2-3H,1H3;1-2H3. The molecule has 2 nitrogen and oxygen atoms in total. The van der Waals surface area contributed by atoms with Gasteiger partial charge in [-0.05, 0) is 32.0 Å². The average Bonchev–Trinajstić information content (AvgIpc) is 3.03. The Morgan fingerprint density at radius 3 is 2.44 bits per heavy atom. The van der Waals surface area contributed by atoms with Gasteiger partial charge in [0.1, 0.15) is 5.58 Å². The highest BCUT2D eigenvalue weighted by Crippen LogP contribution is 2.15. The number of benzene rings is 1. The van der Waals surface area contributed by atoms with Crippen LogP contribution in [0, 0.1) is 13.8 Å². The van der Waals surface area contributed by atoms with Gasteiger partial charge in [0.15, 0.2) is 0 Å². The Morgan fingerprint density at radius 1 is 1.11 bits per heavy atom. The summed E-state index contributed by atoms with van der Waals surface area (Å²) in [7, 11) is 0. The molecular formula is C15H19NOS. The van der Waals surface area contributed by atoms with Crippen molar-refractivity contribution >= 4 is 22.3 Å². The second-order valence-corrected chi connectivity index (χ2v) is 4.61. The van der Waals surface area contributed by atoms with Crippen molar-refractivity contribution in [3.8, 4) is 0 Å². The van der Waals surface area contributed by atoms with E-state index in [0.29, 0.717) is 0 Å². The van der Waals surface area contributed by atoms with Gasteiger partial charge in [-0.3, -0.25) is 4.98 Å². The van der Waals surface area contributed by atoms with Crippen molar-refractivity contribution in [2.24, 2.45) is 0 Å². The van der Waals surface area contributed by atoms with Crippen molar-refractivity contribution in [2.75, 3.05) is 0 Å². The highest BCUT2D eigenvalue weighted by molar-refractivity contribution is 7.09. The molecule has 0 aliphatic rings. The van der Waals surface area contributed by atoms with Gasteiger partial charge in [0.05, 0.1) is 11.3 Å². The van der Waals surface area contributed by atoms with Crippen LogP contribution in [-0.2, 0) is 0 Å². The van der Waals surface area contributed by atoms with Crippen molar-refractivity contribution in [3.63, 3.8) is 0 Å². The highest BCUT2D eigenvalue weighted by Gasteiger charge is 1.93. The Kier molecular flexibility index (Phi) is 6.15. The molecule has 0 aliphatic heterocycles. The highest BCUT2D eigenvalue weighted by atomic mass is 32.1. The van der Waals surface area contributed by atoms with E-state index in [0.717, 1.165) is 10.6 Å². The number of nitrogens with zero attached hydrogens (tertiary/aromatic N) is 1. The SMILES string of the molecule is CC.Cc1ccc2occc2c1.Cc1nccs1. The summed E-state index contributed by atoms with van der Waals surface area (Å²) in [5.74, 6) is 0. The molecular weight excluding hydrogens is 242 g/mol. The van der Waals surface area contributed by atoms with E-state index in [9.17, 15) is 0 Å². The van der Waals surface area contributed by atoms with Crippen molar-refractivity contribution in [2.45, 2.75) is 27.7 Å². The van der Waals surface area contributed by atoms with Gasteiger partial charge in [-0.15, -0.1) is 11.3 Å². The monoisotopic (exact) mass is 261 g/mol. The van der Waals surface area contributed by atoms with E-state index in [1.54, 1.807) is 23.8 Å². The fraction of sp³-hybridized carbons (Fsp3) is 0.267. The third kappa shape index (κ3) is 4.34. The molecule has 1 aromatic carbocycles. The summed E-state index contributed by atoms with van der Waals surface area (Å²) < 4.78 is 5.17. The molecule has 0 fully saturated rings. The Labute approximate surface area is 112 Å². The number of fused-ring (bicyclic) bond motifs is 1. The lowest BCUT2D eigenvalue weighted by Crippen LogP contribution is -1.67. The van der Waals surface area contributed by atoms with Crippen LogP contribution in [0.3, 0.4) is 0 Å². The van der Waals surface area contributed by atoms with Crippen molar-refractivity contribution in [1.29, 1.82) is 0 Å². The maximum absolute atomic E-state index is 5.17. The van der Waals surface area contributed by atoms with Gasteiger partial charge in [0.2, 0.25) is 0 Å². The number of furan rings is 1. The first-order valence-electron chi connectivity index (χ1n) is 6.05. The summed E-state index contributed by atoms with van der Waals surface area (Å²) >= 11 is 1.67. The van der Waals surface area contributed by atoms with E-state index >= 15 is 0 Å². The van der Waals surface area contributed by atoms with Crippen LogP contribution in [0.25, 0.3) is 11.0 Å². The van der Waals surface area contributed by atoms with E-state index in [1.807, 2.05) is 44.4 Å². The minimum absolute atomic E-state index is 0.964. The van der Waals surface area contributed by atoms with Crippen molar-refractivity contribution in [3.05, 3.63) is 52.7 Å². The molecule has 0 aliphatic carbocycles. The predicted molar refractivity (Wildman–Crippen MR) is 79.2 cm³/mol. The molecule has 3 heteroatoms. The van der Waals surface area contributed by atoms with E-state index in [2.05, 4.69) is 18.0 Å². The Balaban J connectivity index is 0.000000174. The topological polar surface area (TPSA) is 26.0 Å². The molecule has 0 saturated heterocycles. The number of hydrogen-bond acceptors (Lipinski definition) is 3. The molecule has 3 rings (SSSR count). The fourth-order valence-electron chi connectivity index (χ4n) is 1.38. The van der Waals surface area contributed by atoms with Gasteiger partial charge in [-0.2, -0.15) is 0 Å². The molecule has 3 aromatic rings. The lowest BCUT2D eigenvalue weighted by molar-refractivity contribution is 0.616. The largest absolute Gasteiger partial charge is 0.464 e. The normalized spacial score (nSPS) is 9.11. The predicted octanol–water partition coefficient (Wildman–Crippen LogP) is 5.22. The zero-order valence-corrected chi connectivity index (χ0v) is 12.1. The molecule has 96 valence electrons. The summed E-state index contributed by atoms with van der Waals surface area (Å²) in [6.45, 7) is 8.07. The summed E-state index contributed by atoms with van der Waals surface area (Å²) in [5.41, 5.74) is 2.24. The van der Waals surface area contributed by atoms with Crippen LogP contribution in [0.2, 0.25) is 0 Å². The van der Waals surface area contributed by atoms with Crippen LogP contribution in [0.15, 0.2) is 46.5 Å². The summed E-state index contributed by atoms with van der Waals surface area (Å²) in [5, 5.41) is 4.28. The zero-order chi connectivity index (χ0) is 13.4. The first-order valence-corrected chi connectivity index (χ1v) is 6.93. The number of rotatable bonds is 0. The molecule has 0 saturated carbocycles. The Hall–Kier alpha value is -1.61. The number of hydrogen-bond donors (Lipinski definition) is 0. The molecule has 0 atom stereocenters. The fourth-order valence-corrected chi connectivity index (χ4v) is 1.82. The second-order valence-electron chi connectivity index (χ2n) is 3.51. The number of aromatic nitrogens is 1. The van der Waals surface area contributed by atoms with Crippen LogP contribution < -0.4 is 0 Å². The molecule has 0 N–H and O–H groups in total. The quantitative estimate of drug-likeness (QED) is 0.554. The Bertz CT molecular complexity index is 555. The molecule has 0 amide bonds. The number of thiazole rings is 1. The average molecular weight is 261 g/mol. The van der Waals surface area contributed by atoms with E-state index in [4.69, 9.17) is 4.42 Å². The van der Waals surface area contributed by atoms with Crippen molar-refractivity contribution in [1.82, 2.24) is 4.98 Å². The maximum Gasteiger partial charge on any atom is 0.133 e. The van der Waals surface area contributed by atoms with Gasteiger partial charge in [0.25, 0.3) is 0 Å². The summed E-state index contributed by atoms with van der Waals surface area (Å²) in [6, 6.07) is 8.12. The molecule has 2 heterocycles. The molecule has 2 aromatic heterocycles. The van der Waals surface area contributed by atoms with Gasteiger partial charge in [-0.1, -0.05) is 25.5 Å². The van der Waals surface area contributed by atoms with Gasteiger partial charge >= 0.3 is 0 Å². The third-order valence-electron chi connectivity index (χ3n) is 2.16.